The Labute approximate surface area is 162 Å². The maximum Gasteiger partial charge on any atom is 0.317 e. The molecule has 0 radical (unpaired) electrons. The van der Waals surface area contributed by atoms with Crippen LogP contribution in [0.5, 0.6) is 11.5 Å². The van der Waals surface area contributed by atoms with Crippen molar-refractivity contribution in [3.63, 3.8) is 0 Å². The third kappa shape index (κ3) is 3.55. The predicted molar refractivity (Wildman–Crippen MR) is 103 cm³/mol. The molecular formula is C21H20N2O5. The van der Waals surface area contributed by atoms with Gasteiger partial charge in [-0.2, -0.15) is 0 Å². The molecule has 2 heterocycles. The topological polar surface area (TPSA) is 78.7 Å². The number of benzene rings is 2. The fraction of sp³-hybridized carbons (Fsp3) is 0.286. The van der Waals surface area contributed by atoms with E-state index >= 15 is 0 Å². The molecule has 2 aromatic rings. The van der Waals surface area contributed by atoms with Gasteiger partial charge in [0.2, 0.25) is 6.79 Å². The summed E-state index contributed by atoms with van der Waals surface area (Å²) >= 11 is 0. The minimum atomic E-state index is -0.650. The van der Waals surface area contributed by atoms with Crippen LogP contribution in [0.25, 0.3) is 0 Å². The van der Waals surface area contributed by atoms with Gasteiger partial charge in [0.25, 0.3) is 0 Å². The fourth-order valence-corrected chi connectivity index (χ4v) is 3.25. The monoisotopic (exact) mass is 380 g/mol. The van der Waals surface area contributed by atoms with Gasteiger partial charge < -0.3 is 18.9 Å². The van der Waals surface area contributed by atoms with E-state index in [-0.39, 0.29) is 25.4 Å². The summed E-state index contributed by atoms with van der Waals surface area (Å²) in [5.74, 6) is 0.266. The number of nitrogens with zero attached hydrogens (tertiary/aromatic N) is 2. The van der Waals surface area contributed by atoms with Crippen LogP contribution in [0.4, 0.5) is 0 Å². The molecule has 144 valence electrons. The van der Waals surface area contributed by atoms with E-state index in [2.05, 4.69) is 9.98 Å². The zero-order chi connectivity index (χ0) is 19.5. The standard InChI is InChI=1S/C21H20N2O5/c1-13-18(20(24)26-11-14-6-4-3-5-7-14)19(23-21(22-13)25-2)15-8-9-16-17(10-15)28-12-27-16/h3-10,18-19H,11-12H2,1-2H3. The van der Waals surface area contributed by atoms with E-state index in [0.717, 1.165) is 11.1 Å². The SMILES string of the molecule is COC1=NC(c2ccc3c(c2)OCO3)C(C(=O)OCc2ccccc2)C(C)=N1. The average Bonchev–Trinajstić information content (AvgIpc) is 3.20. The van der Waals surface area contributed by atoms with Crippen LogP contribution in [-0.4, -0.2) is 31.6 Å². The number of aliphatic imine (C=N–C) groups is 2. The molecule has 0 saturated heterocycles. The number of esters is 1. The van der Waals surface area contributed by atoms with Gasteiger partial charge in [-0.25, -0.2) is 9.98 Å². The molecule has 2 aliphatic rings. The molecule has 7 heteroatoms. The van der Waals surface area contributed by atoms with E-state index in [1.165, 1.54) is 7.11 Å². The lowest BCUT2D eigenvalue weighted by molar-refractivity contribution is -0.148. The summed E-state index contributed by atoms with van der Waals surface area (Å²) in [7, 11) is 1.50. The summed E-state index contributed by atoms with van der Waals surface area (Å²) in [6.07, 6.45) is 0. The zero-order valence-corrected chi connectivity index (χ0v) is 15.6. The van der Waals surface area contributed by atoms with E-state index in [9.17, 15) is 4.79 Å². The summed E-state index contributed by atoms with van der Waals surface area (Å²) in [6.45, 7) is 2.15. The van der Waals surface area contributed by atoms with Gasteiger partial charge in [-0.15, -0.1) is 0 Å². The van der Waals surface area contributed by atoms with Crippen LogP contribution in [-0.2, 0) is 20.9 Å². The molecule has 4 rings (SSSR count). The van der Waals surface area contributed by atoms with Crippen molar-refractivity contribution in [1.29, 1.82) is 0 Å². The Morgan fingerprint density at radius 3 is 2.71 bits per heavy atom. The molecule has 2 unspecified atom stereocenters. The van der Waals surface area contributed by atoms with Crippen LogP contribution in [0.3, 0.4) is 0 Å². The lowest BCUT2D eigenvalue weighted by Gasteiger charge is -2.26. The van der Waals surface area contributed by atoms with Crippen molar-refractivity contribution in [2.24, 2.45) is 15.9 Å². The molecule has 0 saturated carbocycles. The highest BCUT2D eigenvalue weighted by atomic mass is 16.7. The van der Waals surface area contributed by atoms with Crippen LogP contribution in [0.1, 0.15) is 24.1 Å². The normalized spacial score (nSPS) is 20.2. The molecule has 0 amide bonds. The molecule has 0 spiro atoms. The summed E-state index contributed by atoms with van der Waals surface area (Å²) in [6, 6.07) is 14.8. The highest BCUT2D eigenvalue weighted by Crippen LogP contribution is 2.39. The van der Waals surface area contributed by atoms with E-state index in [0.29, 0.717) is 17.2 Å². The number of ether oxygens (including phenoxy) is 4. The first-order chi connectivity index (χ1) is 13.7. The number of methoxy groups -OCH3 is 1. The van der Waals surface area contributed by atoms with Crippen molar-refractivity contribution in [2.45, 2.75) is 19.6 Å². The number of carbonyl (C=O) groups excluding carboxylic acids is 1. The van der Waals surface area contributed by atoms with Crippen LogP contribution in [0.2, 0.25) is 0 Å². The largest absolute Gasteiger partial charge is 0.467 e. The van der Waals surface area contributed by atoms with Gasteiger partial charge in [0.05, 0.1) is 13.2 Å². The molecule has 28 heavy (non-hydrogen) atoms. The van der Waals surface area contributed by atoms with Crippen LogP contribution >= 0.6 is 0 Å². The number of carbonyl (C=O) groups is 1. The highest BCUT2D eigenvalue weighted by Gasteiger charge is 2.37. The number of amidine groups is 1. The van der Waals surface area contributed by atoms with Gasteiger partial charge in [-0.1, -0.05) is 36.4 Å². The first kappa shape index (κ1) is 18.0. The Balaban J connectivity index is 1.60. The Bertz CT molecular complexity index is 939. The zero-order valence-electron chi connectivity index (χ0n) is 15.6. The number of rotatable bonds is 4. The molecule has 2 atom stereocenters. The van der Waals surface area contributed by atoms with Crippen molar-refractivity contribution in [3.8, 4) is 11.5 Å². The molecule has 0 fully saturated rings. The number of hydrogen-bond donors (Lipinski definition) is 0. The van der Waals surface area contributed by atoms with Gasteiger partial charge >= 0.3 is 12.0 Å². The molecule has 2 aliphatic heterocycles. The Kier molecular flexibility index (Phi) is 4.97. The summed E-state index contributed by atoms with van der Waals surface area (Å²) in [5, 5.41) is 0. The Hall–Kier alpha value is -3.35. The molecular weight excluding hydrogens is 360 g/mol. The third-order valence-electron chi connectivity index (χ3n) is 4.69. The van der Waals surface area contributed by atoms with Crippen molar-refractivity contribution < 1.29 is 23.7 Å². The summed E-state index contributed by atoms with van der Waals surface area (Å²) < 4.78 is 21.6. The molecule has 0 aliphatic carbocycles. The minimum absolute atomic E-state index is 0.180. The quantitative estimate of drug-likeness (QED) is 0.761. The second-order valence-corrected chi connectivity index (χ2v) is 6.50. The van der Waals surface area contributed by atoms with E-state index < -0.39 is 12.0 Å². The smallest absolute Gasteiger partial charge is 0.317 e. The van der Waals surface area contributed by atoms with Gasteiger partial charge in [0.1, 0.15) is 12.5 Å². The lowest BCUT2D eigenvalue weighted by atomic mass is 9.89. The summed E-state index contributed by atoms with van der Waals surface area (Å²) in [5.41, 5.74) is 2.31. The Morgan fingerprint density at radius 2 is 1.93 bits per heavy atom. The Morgan fingerprint density at radius 1 is 1.14 bits per heavy atom. The van der Waals surface area contributed by atoms with Crippen molar-refractivity contribution in [2.75, 3.05) is 13.9 Å². The van der Waals surface area contributed by atoms with Gasteiger partial charge in [-0.05, 0) is 30.2 Å². The van der Waals surface area contributed by atoms with E-state index in [4.69, 9.17) is 18.9 Å². The van der Waals surface area contributed by atoms with Crippen molar-refractivity contribution in [3.05, 3.63) is 59.7 Å². The van der Waals surface area contributed by atoms with Gasteiger partial charge in [-0.3, -0.25) is 4.79 Å². The maximum absolute atomic E-state index is 12.9. The number of hydrogen-bond acceptors (Lipinski definition) is 7. The first-order valence-corrected chi connectivity index (χ1v) is 8.93. The molecule has 7 nitrogen and oxygen atoms in total. The third-order valence-corrected chi connectivity index (χ3v) is 4.69. The minimum Gasteiger partial charge on any atom is -0.467 e. The molecule has 0 bridgehead atoms. The lowest BCUT2D eigenvalue weighted by Crippen LogP contribution is -2.33. The predicted octanol–water partition coefficient (Wildman–Crippen LogP) is 3.29. The maximum atomic E-state index is 12.9. The average molecular weight is 380 g/mol. The molecule has 2 aromatic carbocycles. The van der Waals surface area contributed by atoms with Crippen molar-refractivity contribution >= 4 is 17.7 Å². The van der Waals surface area contributed by atoms with E-state index in [1.807, 2.05) is 48.5 Å². The highest BCUT2D eigenvalue weighted by molar-refractivity contribution is 6.07. The molecule has 0 aromatic heterocycles. The van der Waals surface area contributed by atoms with Crippen LogP contribution < -0.4 is 9.47 Å². The first-order valence-electron chi connectivity index (χ1n) is 8.93. The van der Waals surface area contributed by atoms with Crippen LogP contribution in [0, 0.1) is 5.92 Å². The number of fused-ring (bicyclic) bond motifs is 1. The second kappa shape index (κ2) is 7.72. The van der Waals surface area contributed by atoms with Gasteiger partial charge in [0, 0.05) is 5.71 Å². The van der Waals surface area contributed by atoms with Crippen LogP contribution in [0.15, 0.2) is 58.5 Å². The van der Waals surface area contributed by atoms with E-state index in [1.54, 1.807) is 6.92 Å². The second-order valence-electron chi connectivity index (χ2n) is 6.50. The fourth-order valence-electron chi connectivity index (χ4n) is 3.25. The van der Waals surface area contributed by atoms with Crippen molar-refractivity contribution in [1.82, 2.24) is 0 Å². The summed E-state index contributed by atoms with van der Waals surface area (Å²) in [4.78, 5) is 21.7. The van der Waals surface area contributed by atoms with Gasteiger partial charge in [0.15, 0.2) is 11.5 Å². The molecule has 0 N–H and O–H groups in total.